The summed E-state index contributed by atoms with van der Waals surface area (Å²) in [5.41, 5.74) is 1.38. The standard InChI is InChI=1S/C18H20FN3O2S.ClH/c1-24-15-3-2-11(19)8-12(15)14-10-25-17(21-14)22-16(23)13-9-18(13)4-6-20-7-5-18;/h2-3,8,10,13,20H,4-7,9H2,1H3,(H,21,22,23);1H. The number of methoxy groups -OCH3 is 1. The van der Waals surface area contributed by atoms with E-state index in [2.05, 4.69) is 15.6 Å². The molecule has 2 aromatic rings. The van der Waals surface area contributed by atoms with Gasteiger partial charge in [-0.2, -0.15) is 0 Å². The summed E-state index contributed by atoms with van der Waals surface area (Å²) in [6.45, 7) is 1.98. The number of anilines is 1. The molecule has 0 radical (unpaired) electrons. The Hall–Kier alpha value is -1.70. The van der Waals surface area contributed by atoms with E-state index in [9.17, 15) is 9.18 Å². The largest absolute Gasteiger partial charge is 0.496 e. The molecular weight excluding hydrogens is 377 g/mol. The van der Waals surface area contributed by atoms with Gasteiger partial charge >= 0.3 is 0 Å². The van der Waals surface area contributed by atoms with Crippen molar-refractivity contribution in [2.75, 3.05) is 25.5 Å². The molecule has 1 aliphatic carbocycles. The van der Waals surface area contributed by atoms with Crippen molar-refractivity contribution in [2.45, 2.75) is 19.3 Å². The summed E-state index contributed by atoms with van der Waals surface area (Å²) in [6.07, 6.45) is 3.10. The normalized spacial score (nSPS) is 20.3. The number of rotatable bonds is 4. The topological polar surface area (TPSA) is 63.2 Å². The molecule has 1 saturated carbocycles. The van der Waals surface area contributed by atoms with Crippen LogP contribution in [0.1, 0.15) is 19.3 Å². The average molecular weight is 398 g/mol. The van der Waals surface area contributed by atoms with Gasteiger partial charge in [0.2, 0.25) is 5.91 Å². The molecule has 2 aliphatic rings. The second kappa shape index (κ2) is 7.50. The first kappa shape index (κ1) is 19.1. The van der Waals surface area contributed by atoms with Gasteiger partial charge in [0.25, 0.3) is 0 Å². The fourth-order valence-corrected chi connectivity index (χ4v) is 4.44. The van der Waals surface area contributed by atoms with Gasteiger partial charge in [0.15, 0.2) is 5.13 Å². The maximum absolute atomic E-state index is 13.5. The zero-order valence-electron chi connectivity index (χ0n) is 14.4. The maximum Gasteiger partial charge on any atom is 0.229 e. The molecule has 5 nitrogen and oxygen atoms in total. The van der Waals surface area contributed by atoms with Crippen molar-refractivity contribution in [3.63, 3.8) is 0 Å². The number of carbonyl (C=O) groups excluding carboxylic acids is 1. The summed E-state index contributed by atoms with van der Waals surface area (Å²) in [7, 11) is 1.54. The predicted octanol–water partition coefficient (Wildman–Crippen LogP) is 3.71. The van der Waals surface area contributed by atoms with E-state index in [4.69, 9.17) is 4.74 Å². The summed E-state index contributed by atoms with van der Waals surface area (Å²) >= 11 is 1.34. The number of aromatic nitrogens is 1. The zero-order chi connectivity index (χ0) is 17.4. The third-order valence-electron chi connectivity index (χ3n) is 5.28. The van der Waals surface area contributed by atoms with E-state index in [-0.39, 0.29) is 35.5 Å². The van der Waals surface area contributed by atoms with Gasteiger partial charge in [0.1, 0.15) is 11.6 Å². The number of benzene rings is 1. The molecule has 0 bridgehead atoms. The van der Waals surface area contributed by atoms with Crippen LogP contribution in [0.15, 0.2) is 23.6 Å². The lowest BCUT2D eigenvalue weighted by atomic mass is 9.92. The monoisotopic (exact) mass is 397 g/mol. The van der Waals surface area contributed by atoms with Crippen LogP contribution in [0.2, 0.25) is 0 Å². The van der Waals surface area contributed by atoms with Crippen molar-refractivity contribution in [1.82, 2.24) is 10.3 Å². The number of carbonyl (C=O) groups is 1. The number of nitrogens with one attached hydrogen (secondary N) is 2. The lowest BCUT2D eigenvalue weighted by molar-refractivity contribution is -0.118. The second-order valence-electron chi connectivity index (χ2n) is 6.74. The quantitative estimate of drug-likeness (QED) is 0.825. The number of amides is 1. The van der Waals surface area contributed by atoms with Crippen molar-refractivity contribution < 1.29 is 13.9 Å². The first-order valence-corrected chi connectivity index (χ1v) is 9.30. The highest BCUT2D eigenvalue weighted by atomic mass is 35.5. The lowest BCUT2D eigenvalue weighted by Crippen LogP contribution is -2.31. The van der Waals surface area contributed by atoms with Gasteiger partial charge in [-0.15, -0.1) is 23.7 Å². The second-order valence-corrected chi connectivity index (χ2v) is 7.60. The van der Waals surface area contributed by atoms with E-state index in [1.807, 2.05) is 0 Å². The van der Waals surface area contributed by atoms with Crippen LogP contribution in [0, 0.1) is 17.2 Å². The van der Waals surface area contributed by atoms with Crippen LogP contribution in [0.4, 0.5) is 9.52 Å². The van der Waals surface area contributed by atoms with Gasteiger partial charge in [-0.25, -0.2) is 9.37 Å². The Morgan fingerprint density at radius 1 is 1.42 bits per heavy atom. The predicted molar refractivity (Wildman–Crippen MR) is 103 cm³/mol. The number of nitrogens with zero attached hydrogens (tertiary/aromatic N) is 1. The molecule has 1 aromatic heterocycles. The molecule has 1 aromatic carbocycles. The highest BCUT2D eigenvalue weighted by Crippen LogP contribution is 2.58. The number of thiazole rings is 1. The maximum atomic E-state index is 13.5. The Labute approximate surface area is 161 Å². The molecule has 1 saturated heterocycles. The van der Waals surface area contributed by atoms with Gasteiger partial charge in [0.05, 0.1) is 12.8 Å². The molecule has 8 heteroatoms. The van der Waals surface area contributed by atoms with Crippen molar-refractivity contribution in [3.05, 3.63) is 29.4 Å². The van der Waals surface area contributed by atoms with Crippen LogP contribution in [-0.4, -0.2) is 31.1 Å². The minimum absolute atomic E-state index is 0. The smallest absolute Gasteiger partial charge is 0.229 e. The van der Waals surface area contributed by atoms with E-state index < -0.39 is 0 Å². The van der Waals surface area contributed by atoms with Crippen molar-refractivity contribution in [1.29, 1.82) is 0 Å². The van der Waals surface area contributed by atoms with E-state index in [1.54, 1.807) is 11.4 Å². The summed E-state index contributed by atoms with van der Waals surface area (Å²) in [4.78, 5) is 17.0. The molecular formula is C18H21ClFN3O2S. The number of piperidine rings is 1. The first-order chi connectivity index (χ1) is 12.1. The highest BCUT2D eigenvalue weighted by molar-refractivity contribution is 7.14. The highest BCUT2D eigenvalue weighted by Gasteiger charge is 2.57. The van der Waals surface area contributed by atoms with E-state index in [0.717, 1.165) is 32.4 Å². The molecule has 1 spiro atoms. The molecule has 1 amide bonds. The van der Waals surface area contributed by atoms with Crippen molar-refractivity contribution in [3.8, 4) is 17.0 Å². The molecule has 2 heterocycles. The zero-order valence-corrected chi connectivity index (χ0v) is 16.0. The Bertz CT molecular complexity index is 807. The van der Waals surface area contributed by atoms with Crippen molar-refractivity contribution in [2.24, 2.45) is 11.3 Å². The molecule has 1 atom stereocenters. The van der Waals surface area contributed by atoms with Crippen LogP contribution in [0.5, 0.6) is 5.75 Å². The fraction of sp³-hybridized carbons (Fsp3) is 0.444. The van der Waals surface area contributed by atoms with Crippen LogP contribution in [0.25, 0.3) is 11.3 Å². The van der Waals surface area contributed by atoms with Gasteiger partial charge < -0.3 is 15.4 Å². The van der Waals surface area contributed by atoms with E-state index >= 15 is 0 Å². The van der Waals surface area contributed by atoms with Crippen LogP contribution in [-0.2, 0) is 4.79 Å². The van der Waals surface area contributed by atoms with E-state index in [1.165, 1.54) is 30.6 Å². The Morgan fingerprint density at radius 3 is 2.92 bits per heavy atom. The minimum atomic E-state index is -0.347. The van der Waals surface area contributed by atoms with Crippen LogP contribution >= 0.6 is 23.7 Å². The van der Waals surface area contributed by atoms with Gasteiger partial charge in [-0.1, -0.05) is 0 Å². The lowest BCUT2D eigenvalue weighted by Gasteiger charge is -2.22. The third-order valence-corrected chi connectivity index (χ3v) is 6.04. The molecule has 2 fully saturated rings. The minimum Gasteiger partial charge on any atom is -0.496 e. The first-order valence-electron chi connectivity index (χ1n) is 8.42. The molecule has 26 heavy (non-hydrogen) atoms. The van der Waals surface area contributed by atoms with E-state index in [0.29, 0.717) is 22.1 Å². The molecule has 1 aliphatic heterocycles. The Kier molecular flexibility index (Phi) is 5.50. The SMILES string of the molecule is COc1ccc(F)cc1-c1csc(NC(=O)C2CC23CCNCC3)n1.Cl. The Morgan fingerprint density at radius 2 is 2.19 bits per heavy atom. The number of hydrogen-bond donors (Lipinski definition) is 2. The van der Waals surface area contributed by atoms with Crippen LogP contribution in [0.3, 0.4) is 0 Å². The summed E-state index contributed by atoms with van der Waals surface area (Å²) in [5, 5.41) is 8.62. The molecule has 1 unspecified atom stereocenters. The fourth-order valence-electron chi connectivity index (χ4n) is 3.72. The Balaban J connectivity index is 0.00000196. The van der Waals surface area contributed by atoms with Gasteiger partial charge in [-0.3, -0.25) is 4.79 Å². The molecule has 2 N–H and O–H groups in total. The van der Waals surface area contributed by atoms with Gasteiger partial charge in [-0.05, 0) is 56.0 Å². The summed E-state index contributed by atoms with van der Waals surface area (Å²) in [6, 6.07) is 4.32. The molecule has 4 rings (SSSR count). The number of ether oxygens (including phenoxy) is 1. The summed E-state index contributed by atoms with van der Waals surface area (Å²) < 4.78 is 18.8. The summed E-state index contributed by atoms with van der Waals surface area (Å²) in [5.74, 6) is 0.348. The van der Waals surface area contributed by atoms with Crippen LogP contribution < -0.4 is 15.4 Å². The number of halogens is 2. The molecule has 140 valence electrons. The third kappa shape index (κ3) is 3.56. The van der Waals surface area contributed by atoms with Crippen molar-refractivity contribution >= 4 is 34.8 Å². The average Bonchev–Trinajstić information content (AvgIpc) is 3.11. The number of hydrogen-bond acceptors (Lipinski definition) is 5. The van der Waals surface area contributed by atoms with Gasteiger partial charge in [0, 0.05) is 16.9 Å².